The molecule has 0 saturated carbocycles. The van der Waals surface area contributed by atoms with Gasteiger partial charge in [0.05, 0.1) is 5.92 Å². The fourth-order valence-corrected chi connectivity index (χ4v) is 2.72. The van der Waals surface area contributed by atoms with Gasteiger partial charge in [-0.25, -0.2) is 0 Å². The molecule has 0 aliphatic carbocycles. The second-order valence-corrected chi connectivity index (χ2v) is 6.24. The minimum atomic E-state index is -0.145. The second-order valence-electron chi connectivity index (χ2n) is 5.80. The van der Waals surface area contributed by atoms with Crippen LogP contribution in [0.4, 0.5) is 0 Å². The van der Waals surface area contributed by atoms with Crippen molar-refractivity contribution in [3.8, 4) is 0 Å². The monoisotopic (exact) mass is 315 g/mol. The highest BCUT2D eigenvalue weighted by Gasteiger charge is 2.23. The predicted molar refractivity (Wildman–Crippen MR) is 92.2 cm³/mol. The third-order valence-corrected chi connectivity index (χ3v) is 3.99. The minimum absolute atomic E-state index is 0.0771. The molecule has 22 heavy (non-hydrogen) atoms. The molecule has 2 rings (SSSR count). The first-order valence-corrected chi connectivity index (χ1v) is 8.03. The van der Waals surface area contributed by atoms with Crippen molar-refractivity contribution in [3.63, 3.8) is 0 Å². The maximum atomic E-state index is 12.5. The van der Waals surface area contributed by atoms with Gasteiger partial charge in [-0.2, -0.15) is 0 Å². The molecule has 0 saturated heterocycles. The quantitative estimate of drug-likeness (QED) is 0.839. The van der Waals surface area contributed by atoms with Gasteiger partial charge in [0.1, 0.15) is 0 Å². The van der Waals surface area contributed by atoms with E-state index >= 15 is 0 Å². The summed E-state index contributed by atoms with van der Waals surface area (Å²) in [4.78, 5) is 12.5. The summed E-state index contributed by atoms with van der Waals surface area (Å²) in [5.41, 5.74) is 2.24. The highest BCUT2D eigenvalue weighted by atomic mass is 35.5. The molecule has 3 heteroatoms. The number of benzene rings is 2. The van der Waals surface area contributed by atoms with Gasteiger partial charge in [-0.15, -0.1) is 0 Å². The van der Waals surface area contributed by atoms with E-state index in [4.69, 9.17) is 11.6 Å². The SMILES string of the molecule is CC(C)C(C(=O)NCCc1ccccc1)c1ccc(Cl)cc1. The molecule has 0 aromatic heterocycles. The number of amides is 1. The van der Waals surface area contributed by atoms with Gasteiger partial charge in [0.15, 0.2) is 0 Å². The first-order valence-electron chi connectivity index (χ1n) is 7.65. The molecule has 0 bridgehead atoms. The minimum Gasteiger partial charge on any atom is -0.355 e. The number of halogens is 1. The van der Waals surface area contributed by atoms with E-state index in [1.54, 1.807) is 0 Å². The molecule has 1 unspecified atom stereocenters. The van der Waals surface area contributed by atoms with E-state index in [0.717, 1.165) is 12.0 Å². The Kier molecular flexibility index (Phi) is 6.02. The van der Waals surface area contributed by atoms with Crippen molar-refractivity contribution in [1.29, 1.82) is 0 Å². The molecule has 0 aliphatic heterocycles. The highest BCUT2D eigenvalue weighted by molar-refractivity contribution is 6.30. The van der Waals surface area contributed by atoms with E-state index in [0.29, 0.717) is 11.6 Å². The van der Waals surface area contributed by atoms with Gasteiger partial charge in [-0.3, -0.25) is 4.79 Å². The Hall–Kier alpha value is -1.80. The Bertz CT molecular complexity index is 593. The molecule has 0 aliphatic rings. The average molecular weight is 316 g/mol. The first-order chi connectivity index (χ1) is 10.6. The normalized spacial score (nSPS) is 12.2. The van der Waals surface area contributed by atoms with Crippen molar-refractivity contribution in [2.45, 2.75) is 26.2 Å². The summed E-state index contributed by atoms with van der Waals surface area (Å²) >= 11 is 5.93. The van der Waals surface area contributed by atoms with Gasteiger partial charge in [-0.05, 0) is 35.6 Å². The zero-order valence-corrected chi connectivity index (χ0v) is 13.8. The topological polar surface area (TPSA) is 29.1 Å². The molecule has 0 spiro atoms. The molecule has 0 fully saturated rings. The second kappa shape index (κ2) is 8.00. The van der Waals surface area contributed by atoms with Crippen LogP contribution in [0.2, 0.25) is 5.02 Å². The smallest absolute Gasteiger partial charge is 0.227 e. The summed E-state index contributed by atoms with van der Waals surface area (Å²) in [6.45, 7) is 4.78. The van der Waals surface area contributed by atoms with Crippen LogP contribution in [0.5, 0.6) is 0 Å². The van der Waals surface area contributed by atoms with Crippen LogP contribution in [-0.4, -0.2) is 12.5 Å². The lowest BCUT2D eigenvalue weighted by atomic mass is 9.87. The molecule has 2 aromatic carbocycles. The molecule has 0 heterocycles. The van der Waals surface area contributed by atoms with E-state index in [-0.39, 0.29) is 17.7 Å². The van der Waals surface area contributed by atoms with Crippen LogP contribution in [0.1, 0.15) is 30.9 Å². The lowest BCUT2D eigenvalue weighted by molar-refractivity contribution is -0.123. The third-order valence-electron chi connectivity index (χ3n) is 3.73. The van der Waals surface area contributed by atoms with Crippen molar-refractivity contribution in [2.24, 2.45) is 5.92 Å². The molecule has 2 aromatic rings. The maximum absolute atomic E-state index is 12.5. The lowest BCUT2D eigenvalue weighted by Gasteiger charge is -2.21. The zero-order chi connectivity index (χ0) is 15.9. The summed E-state index contributed by atoms with van der Waals surface area (Å²) in [7, 11) is 0. The van der Waals surface area contributed by atoms with Gasteiger partial charge < -0.3 is 5.32 Å². The van der Waals surface area contributed by atoms with E-state index in [1.165, 1.54) is 5.56 Å². The van der Waals surface area contributed by atoms with Gasteiger partial charge in [0, 0.05) is 11.6 Å². The van der Waals surface area contributed by atoms with Gasteiger partial charge in [-0.1, -0.05) is 67.9 Å². The van der Waals surface area contributed by atoms with Crippen molar-refractivity contribution in [2.75, 3.05) is 6.54 Å². The summed E-state index contributed by atoms with van der Waals surface area (Å²) in [6.07, 6.45) is 0.845. The van der Waals surface area contributed by atoms with Crippen LogP contribution < -0.4 is 5.32 Å². The van der Waals surface area contributed by atoms with Crippen LogP contribution in [0.15, 0.2) is 54.6 Å². The van der Waals surface area contributed by atoms with Gasteiger partial charge in [0.2, 0.25) is 5.91 Å². The van der Waals surface area contributed by atoms with E-state index < -0.39 is 0 Å². The summed E-state index contributed by atoms with van der Waals surface area (Å²) in [5, 5.41) is 3.74. The number of carbonyl (C=O) groups is 1. The first kappa shape index (κ1) is 16.6. The molecular formula is C19H22ClNO. The summed E-state index contributed by atoms with van der Waals surface area (Å²) in [5.74, 6) is 0.166. The lowest BCUT2D eigenvalue weighted by Crippen LogP contribution is -2.33. The number of hydrogen-bond donors (Lipinski definition) is 1. The van der Waals surface area contributed by atoms with Crippen LogP contribution in [0, 0.1) is 5.92 Å². The fourth-order valence-electron chi connectivity index (χ4n) is 2.59. The van der Waals surface area contributed by atoms with Crippen LogP contribution >= 0.6 is 11.6 Å². The molecule has 1 N–H and O–H groups in total. The Labute approximate surface area is 137 Å². The molecule has 2 nitrogen and oxygen atoms in total. The van der Waals surface area contributed by atoms with E-state index in [1.807, 2.05) is 42.5 Å². The number of rotatable bonds is 6. The Morgan fingerprint density at radius 2 is 1.68 bits per heavy atom. The van der Waals surface area contributed by atoms with Gasteiger partial charge >= 0.3 is 0 Å². The van der Waals surface area contributed by atoms with E-state index in [2.05, 4.69) is 31.3 Å². The van der Waals surface area contributed by atoms with Crippen molar-refractivity contribution in [1.82, 2.24) is 5.32 Å². The van der Waals surface area contributed by atoms with Crippen molar-refractivity contribution < 1.29 is 4.79 Å². The molecule has 116 valence electrons. The maximum Gasteiger partial charge on any atom is 0.227 e. The third kappa shape index (κ3) is 4.60. The summed E-state index contributed by atoms with van der Waals surface area (Å²) < 4.78 is 0. The molecular weight excluding hydrogens is 294 g/mol. The zero-order valence-electron chi connectivity index (χ0n) is 13.1. The molecule has 1 amide bonds. The van der Waals surface area contributed by atoms with E-state index in [9.17, 15) is 4.79 Å². The summed E-state index contributed by atoms with van der Waals surface area (Å²) in [6, 6.07) is 17.7. The van der Waals surface area contributed by atoms with Crippen LogP contribution in [0.25, 0.3) is 0 Å². The highest BCUT2D eigenvalue weighted by Crippen LogP contribution is 2.25. The predicted octanol–water partition coefficient (Wildman–Crippen LogP) is 4.44. The number of nitrogens with one attached hydrogen (secondary N) is 1. The van der Waals surface area contributed by atoms with Gasteiger partial charge in [0.25, 0.3) is 0 Å². The Morgan fingerprint density at radius 1 is 1.05 bits per heavy atom. The van der Waals surface area contributed by atoms with Crippen molar-refractivity contribution >= 4 is 17.5 Å². The van der Waals surface area contributed by atoms with Crippen LogP contribution in [-0.2, 0) is 11.2 Å². The molecule has 1 atom stereocenters. The average Bonchev–Trinajstić information content (AvgIpc) is 2.50. The van der Waals surface area contributed by atoms with Crippen molar-refractivity contribution in [3.05, 3.63) is 70.7 Å². The Balaban J connectivity index is 1.97. The number of hydrogen-bond acceptors (Lipinski definition) is 1. The number of carbonyl (C=O) groups excluding carboxylic acids is 1. The molecule has 0 radical (unpaired) electrons. The standard InChI is InChI=1S/C19H22ClNO/c1-14(2)18(16-8-10-17(20)11-9-16)19(22)21-13-12-15-6-4-3-5-7-15/h3-11,14,18H,12-13H2,1-2H3,(H,21,22). The Morgan fingerprint density at radius 3 is 2.27 bits per heavy atom. The fraction of sp³-hybridized carbons (Fsp3) is 0.316. The largest absolute Gasteiger partial charge is 0.355 e. The van der Waals surface area contributed by atoms with Crippen LogP contribution in [0.3, 0.4) is 0 Å².